The molecule has 6 nitrogen and oxygen atoms in total. The molecule has 1 heterocycles. The van der Waals surface area contributed by atoms with E-state index in [4.69, 9.17) is 4.74 Å². The SMILES string of the molecule is C=C/C(=C(/NCCOCC)C(=O)N(C(=C)C)c1ccccc1)N1CCNCC1. The van der Waals surface area contributed by atoms with E-state index in [1.807, 2.05) is 44.2 Å². The summed E-state index contributed by atoms with van der Waals surface area (Å²) >= 11 is 0. The standard InChI is InChI=1S/C22H32N4O2/c1-5-20(25-15-12-23-13-16-25)21(24-14-17-28-6-2)22(27)26(18(3)4)19-10-8-7-9-11-19/h5,7-11,23-24H,1,3,6,12-17H2,2,4H3/b21-20-. The molecular formula is C22H32N4O2. The maximum Gasteiger partial charge on any atom is 0.280 e. The van der Waals surface area contributed by atoms with E-state index in [1.165, 1.54) is 0 Å². The second-order valence-corrected chi connectivity index (χ2v) is 6.54. The second-order valence-electron chi connectivity index (χ2n) is 6.54. The Balaban J connectivity index is 2.39. The average molecular weight is 385 g/mol. The number of nitrogens with zero attached hydrogens (tertiary/aromatic N) is 2. The summed E-state index contributed by atoms with van der Waals surface area (Å²) in [6.45, 7) is 16.9. The van der Waals surface area contributed by atoms with Crippen molar-refractivity contribution in [3.63, 3.8) is 0 Å². The molecule has 0 atom stereocenters. The van der Waals surface area contributed by atoms with Crippen LogP contribution >= 0.6 is 0 Å². The van der Waals surface area contributed by atoms with Crippen LogP contribution < -0.4 is 15.5 Å². The molecule has 1 aliphatic rings. The molecule has 0 unspecified atom stereocenters. The lowest BCUT2D eigenvalue weighted by atomic mass is 10.2. The molecule has 0 spiro atoms. The second kappa shape index (κ2) is 11.3. The van der Waals surface area contributed by atoms with Crippen LogP contribution in [0.15, 0.2) is 66.7 Å². The summed E-state index contributed by atoms with van der Waals surface area (Å²) in [4.78, 5) is 17.4. The van der Waals surface area contributed by atoms with Crippen molar-refractivity contribution in [1.82, 2.24) is 15.5 Å². The van der Waals surface area contributed by atoms with Crippen molar-refractivity contribution in [3.05, 3.63) is 66.7 Å². The first-order valence-electron chi connectivity index (χ1n) is 9.79. The van der Waals surface area contributed by atoms with Crippen molar-refractivity contribution in [1.29, 1.82) is 0 Å². The number of nitrogens with one attached hydrogen (secondary N) is 2. The summed E-state index contributed by atoms with van der Waals surface area (Å²) in [5.41, 5.74) is 2.77. The average Bonchev–Trinajstić information content (AvgIpc) is 2.71. The van der Waals surface area contributed by atoms with Gasteiger partial charge in [-0.3, -0.25) is 9.69 Å². The Morgan fingerprint density at radius 3 is 2.57 bits per heavy atom. The third-order valence-electron chi connectivity index (χ3n) is 4.47. The first-order valence-corrected chi connectivity index (χ1v) is 9.79. The molecule has 1 aromatic rings. The van der Waals surface area contributed by atoms with Gasteiger partial charge in [-0.25, -0.2) is 0 Å². The van der Waals surface area contributed by atoms with E-state index in [-0.39, 0.29) is 5.91 Å². The molecule has 0 radical (unpaired) electrons. The Bertz CT molecular complexity index is 694. The first-order chi connectivity index (χ1) is 13.6. The molecule has 152 valence electrons. The Hall–Kier alpha value is -2.57. The van der Waals surface area contributed by atoms with E-state index in [2.05, 4.69) is 28.7 Å². The Labute approximate surface area is 168 Å². The van der Waals surface area contributed by atoms with E-state index in [9.17, 15) is 4.79 Å². The van der Waals surface area contributed by atoms with Crippen LogP contribution in [0.25, 0.3) is 0 Å². The minimum absolute atomic E-state index is 0.149. The number of hydrogen-bond acceptors (Lipinski definition) is 5. The van der Waals surface area contributed by atoms with Gasteiger partial charge < -0.3 is 20.3 Å². The number of amides is 1. The Morgan fingerprint density at radius 1 is 1.32 bits per heavy atom. The van der Waals surface area contributed by atoms with Crippen molar-refractivity contribution < 1.29 is 9.53 Å². The maximum absolute atomic E-state index is 13.6. The number of allylic oxidation sites excluding steroid dienone is 2. The highest BCUT2D eigenvalue weighted by Crippen LogP contribution is 2.22. The summed E-state index contributed by atoms with van der Waals surface area (Å²) < 4.78 is 5.44. The zero-order chi connectivity index (χ0) is 20.4. The van der Waals surface area contributed by atoms with Gasteiger partial charge in [0.25, 0.3) is 5.91 Å². The van der Waals surface area contributed by atoms with Gasteiger partial charge in [-0.1, -0.05) is 31.4 Å². The molecule has 6 heteroatoms. The van der Waals surface area contributed by atoms with Gasteiger partial charge >= 0.3 is 0 Å². The van der Waals surface area contributed by atoms with Gasteiger partial charge in [0.2, 0.25) is 0 Å². The van der Waals surface area contributed by atoms with E-state index in [0.717, 1.165) is 37.6 Å². The number of anilines is 1. The molecule has 0 bridgehead atoms. The normalized spacial score (nSPS) is 14.9. The lowest BCUT2D eigenvalue weighted by Gasteiger charge is -2.33. The number of rotatable bonds is 10. The molecule has 0 aromatic heterocycles. The number of carbonyl (C=O) groups excluding carboxylic acids is 1. The predicted octanol–water partition coefficient (Wildman–Crippen LogP) is 2.48. The number of hydrogen-bond donors (Lipinski definition) is 2. The van der Waals surface area contributed by atoms with Gasteiger partial charge in [-0.05, 0) is 32.1 Å². The minimum Gasteiger partial charge on any atom is -0.380 e. The molecule has 2 N–H and O–H groups in total. The van der Waals surface area contributed by atoms with E-state index >= 15 is 0 Å². The number of ether oxygens (including phenoxy) is 1. The highest BCUT2D eigenvalue weighted by atomic mass is 16.5. The van der Waals surface area contributed by atoms with Crippen LogP contribution in [-0.2, 0) is 9.53 Å². The molecule has 1 aliphatic heterocycles. The number of benzene rings is 1. The first kappa shape index (κ1) is 21.7. The molecule has 1 fully saturated rings. The minimum atomic E-state index is -0.149. The monoisotopic (exact) mass is 384 g/mol. The number of piperazine rings is 1. The van der Waals surface area contributed by atoms with Crippen molar-refractivity contribution >= 4 is 11.6 Å². The summed E-state index contributed by atoms with van der Waals surface area (Å²) in [6.07, 6.45) is 1.76. The van der Waals surface area contributed by atoms with Gasteiger partial charge in [0.05, 0.1) is 12.3 Å². The lowest BCUT2D eigenvalue weighted by molar-refractivity contribution is -0.115. The van der Waals surface area contributed by atoms with Crippen LogP contribution in [0.1, 0.15) is 13.8 Å². The van der Waals surface area contributed by atoms with E-state index in [1.54, 1.807) is 11.0 Å². The van der Waals surface area contributed by atoms with Crippen molar-refractivity contribution in [2.75, 3.05) is 50.8 Å². The number of para-hydroxylation sites is 1. The molecule has 1 saturated heterocycles. The Kier molecular flexibility index (Phi) is 8.78. The van der Waals surface area contributed by atoms with Crippen LogP contribution in [0.3, 0.4) is 0 Å². The zero-order valence-electron chi connectivity index (χ0n) is 17.0. The van der Waals surface area contributed by atoms with Gasteiger partial charge in [0.15, 0.2) is 0 Å². The maximum atomic E-state index is 13.6. The van der Waals surface area contributed by atoms with E-state index in [0.29, 0.717) is 31.2 Å². The van der Waals surface area contributed by atoms with Crippen molar-refractivity contribution in [3.8, 4) is 0 Å². The smallest absolute Gasteiger partial charge is 0.280 e. The third-order valence-corrected chi connectivity index (χ3v) is 4.47. The van der Waals surface area contributed by atoms with Gasteiger partial charge in [0, 0.05) is 50.7 Å². The van der Waals surface area contributed by atoms with Crippen LogP contribution in [0.4, 0.5) is 5.69 Å². The lowest BCUT2D eigenvalue weighted by Crippen LogP contribution is -2.45. The molecular weight excluding hydrogens is 352 g/mol. The molecule has 2 rings (SSSR count). The van der Waals surface area contributed by atoms with Gasteiger partial charge in [0.1, 0.15) is 5.70 Å². The summed E-state index contributed by atoms with van der Waals surface area (Å²) in [6, 6.07) is 9.56. The predicted molar refractivity (Wildman–Crippen MR) is 115 cm³/mol. The fraction of sp³-hybridized carbons (Fsp3) is 0.409. The highest BCUT2D eigenvalue weighted by molar-refractivity contribution is 6.07. The molecule has 1 amide bonds. The molecule has 28 heavy (non-hydrogen) atoms. The fourth-order valence-electron chi connectivity index (χ4n) is 3.16. The van der Waals surface area contributed by atoms with Crippen molar-refractivity contribution in [2.24, 2.45) is 0 Å². The summed E-state index contributed by atoms with van der Waals surface area (Å²) in [5.74, 6) is -0.149. The van der Waals surface area contributed by atoms with Gasteiger partial charge in [-0.15, -0.1) is 0 Å². The summed E-state index contributed by atoms with van der Waals surface area (Å²) in [7, 11) is 0. The quantitative estimate of drug-likeness (QED) is 0.369. The fourth-order valence-corrected chi connectivity index (χ4v) is 3.16. The van der Waals surface area contributed by atoms with E-state index < -0.39 is 0 Å². The zero-order valence-corrected chi connectivity index (χ0v) is 17.0. The van der Waals surface area contributed by atoms with Crippen LogP contribution in [0.5, 0.6) is 0 Å². The van der Waals surface area contributed by atoms with Crippen LogP contribution in [0, 0.1) is 0 Å². The third kappa shape index (κ3) is 5.71. The molecule has 0 aliphatic carbocycles. The highest BCUT2D eigenvalue weighted by Gasteiger charge is 2.26. The Morgan fingerprint density at radius 2 is 2.00 bits per heavy atom. The van der Waals surface area contributed by atoms with Crippen molar-refractivity contribution in [2.45, 2.75) is 13.8 Å². The molecule has 1 aromatic carbocycles. The topological polar surface area (TPSA) is 56.8 Å². The van der Waals surface area contributed by atoms with Crippen LogP contribution in [0.2, 0.25) is 0 Å². The molecule has 0 saturated carbocycles. The largest absolute Gasteiger partial charge is 0.380 e. The number of carbonyl (C=O) groups is 1. The van der Waals surface area contributed by atoms with Crippen LogP contribution in [-0.4, -0.2) is 56.7 Å². The summed E-state index contributed by atoms with van der Waals surface area (Å²) in [5, 5.41) is 6.64. The van der Waals surface area contributed by atoms with Gasteiger partial charge in [-0.2, -0.15) is 0 Å².